The Morgan fingerprint density at radius 2 is 2.43 bits per heavy atom. The van der Waals surface area contributed by atoms with Gasteiger partial charge in [0, 0.05) is 17.7 Å². The molecule has 0 amide bonds. The van der Waals surface area contributed by atoms with Gasteiger partial charge in [0.1, 0.15) is 0 Å². The fourth-order valence-electron chi connectivity index (χ4n) is 1.11. The number of aromatic nitrogens is 2. The number of hydrogen-bond acceptors (Lipinski definition) is 5. The van der Waals surface area contributed by atoms with Crippen molar-refractivity contribution in [1.82, 2.24) is 10.1 Å². The zero-order valence-corrected chi connectivity index (χ0v) is 9.09. The van der Waals surface area contributed by atoms with Crippen molar-refractivity contribution < 1.29 is 4.52 Å². The molecule has 4 nitrogen and oxygen atoms in total. The lowest BCUT2D eigenvalue weighted by Gasteiger charge is -2.04. The molecule has 1 aliphatic rings. The molecule has 78 valence electrons. The van der Waals surface area contributed by atoms with E-state index in [4.69, 9.17) is 10.3 Å². The molecule has 5 heteroatoms. The molecule has 1 saturated carbocycles. The molecule has 0 aromatic carbocycles. The van der Waals surface area contributed by atoms with Gasteiger partial charge in [0.2, 0.25) is 5.89 Å². The van der Waals surface area contributed by atoms with Crippen LogP contribution in [-0.4, -0.2) is 21.9 Å². The van der Waals surface area contributed by atoms with Gasteiger partial charge in [-0.2, -0.15) is 4.98 Å². The van der Waals surface area contributed by atoms with Crippen LogP contribution in [-0.2, 0) is 5.75 Å². The Kier molecular flexibility index (Phi) is 3.08. The van der Waals surface area contributed by atoms with Gasteiger partial charge >= 0.3 is 0 Å². The number of rotatable bonds is 5. The van der Waals surface area contributed by atoms with E-state index >= 15 is 0 Å². The van der Waals surface area contributed by atoms with Crippen molar-refractivity contribution in [3.05, 3.63) is 11.7 Å². The Labute approximate surface area is 87.6 Å². The maximum absolute atomic E-state index is 5.51. The summed E-state index contributed by atoms with van der Waals surface area (Å²) < 4.78 is 5.15. The van der Waals surface area contributed by atoms with E-state index < -0.39 is 0 Å². The minimum absolute atomic E-state index is 0.456. The Bertz CT molecular complexity index is 298. The van der Waals surface area contributed by atoms with Crippen molar-refractivity contribution in [3.63, 3.8) is 0 Å². The fraction of sp³-hybridized carbons (Fsp3) is 0.778. The zero-order valence-electron chi connectivity index (χ0n) is 8.27. The molecule has 1 aliphatic carbocycles. The molecular weight excluding hydrogens is 198 g/mol. The number of nitrogens with two attached hydrogens (primary N) is 1. The second-order valence-electron chi connectivity index (χ2n) is 3.68. The van der Waals surface area contributed by atoms with Gasteiger partial charge in [-0.3, -0.25) is 0 Å². The molecule has 14 heavy (non-hydrogen) atoms. The smallest absolute Gasteiger partial charge is 0.229 e. The zero-order chi connectivity index (χ0) is 9.97. The van der Waals surface area contributed by atoms with Crippen molar-refractivity contribution >= 4 is 11.8 Å². The largest absolute Gasteiger partial charge is 0.339 e. The average molecular weight is 213 g/mol. The molecule has 1 heterocycles. The molecular formula is C9H15N3OS. The first-order valence-electron chi connectivity index (χ1n) is 4.93. The van der Waals surface area contributed by atoms with Crippen molar-refractivity contribution in [2.75, 3.05) is 6.54 Å². The third-order valence-electron chi connectivity index (χ3n) is 2.24. The quantitative estimate of drug-likeness (QED) is 0.803. The highest BCUT2D eigenvalue weighted by Crippen LogP contribution is 2.38. The van der Waals surface area contributed by atoms with Crippen LogP contribution in [0, 0.1) is 0 Å². The summed E-state index contributed by atoms with van der Waals surface area (Å²) in [6, 6.07) is 0. The van der Waals surface area contributed by atoms with E-state index in [1.807, 2.05) is 0 Å². The standard InChI is InChI=1S/C9H15N3OS/c1-6(4-10)14-5-8-11-9(13-12-8)7-2-3-7/h6-7H,2-5,10H2,1H3. The Hall–Kier alpha value is -0.550. The van der Waals surface area contributed by atoms with Crippen molar-refractivity contribution in [3.8, 4) is 0 Å². The maximum Gasteiger partial charge on any atom is 0.229 e. The van der Waals surface area contributed by atoms with Gasteiger partial charge in [-0.05, 0) is 12.8 Å². The summed E-state index contributed by atoms with van der Waals surface area (Å²) in [4.78, 5) is 4.34. The maximum atomic E-state index is 5.51. The molecule has 2 rings (SSSR count). The van der Waals surface area contributed by atoms with Crippen LogP contribution in [0.3, 0.4) is 0 Å². The molecule has 1 aromatic rings. The van der Waals surface area contributed by atoms with Gasteiger partial charge in [-0.1, -0.05) is 12.1 Å². The summed E-state index contributed by atoms with van der Waals surface area (Å²) in [6.45, 7) is 2.80. The Morgan fingerprint density at radius 1 is 1.64 bits per heavy atom. The van der Waals surface area contributed by atoms with E-state index in [2.05, 4.69) is 17.1 Å². The molecule has 0 bridgehead atoms. The normalized spacial score (nSPS) is 18.4. The monoisotopic (exact) mass is 213 g/mol. The molecule has 1 aromatic heterocycles. The predicted molar refractivity (Wildman–Crippen MR) is 56.1 cm³/mol. The van der Waals surface area contributed by atoms with Gasteiger partial charge in [-0.15, -0.1) is 11.8 Å². The second kappa shape index (κ2) is 4.31. The van der Waals surface area contributed by atoms with Crippen LogP contribution in [0.4, 0.5) is 0 Å². The van der Waals surface area contributed by atoms with Crippen molar-refractivity contribution in [1.29, 1.82) is 0 Å². The van der Waals surface area contributed by atoms with Crippen LogP contribution in [0.25, 0.3) is 0 Å². The first kappa shape index (κ1) is 9.98. The van der Waals surface area contributed by atoms with Crippen LogP contribution in [0.15, 0.2) is 4.52 Å². The summed E-state index contributed by atoms with van der Waals surface area (Å²) >= 11 is 1.76. The van der Waals surface area contributed by atoms with Crippen LogP contribution >= 0.6 is 11.8 Å². The SMILES string of the molecule is CC(CN)SCc1noc(C2CC2)n1. The van der Waals surface area contributed by atoms with E-state index in [1.165, 1.54) is 12.8 Å². The number of thioether (sulfide) groups is 1. The van der Waals surface area contributed by atoms with Crippen molar-refractivity contribution in [2.24, 2.45) is 5.73 Å². The second-order valence-corrected chi connectivity index (χ2v) is 5.11. The molecule has 0 saturated heterocycles. The van der Waals surface area contributed by atoms with E-state index in [1.54, 1.807) is 11.8 Å². The molecule has 1 atom stereocenters. The van der Waals surface area contributed by atoms with Crippen LogP contribution < -0.4 is 5.73 Å². The molecule has 0 aliphatic heterocycles. The topological polar surface area (TPSA) is 64.9 Å². The van der Waals surface area contributed by atoms with E-state index in [0.29, 0.717) is 17.7 Å². The predicted octanol–water partition coefficient (Wildman–Crippen LogP) is 1.53. The van der Waals surface area contributed by atoms with Crippen molar-refractivity contribution in [2.45, 2.75) is 36.7 Å². The summed E-state index contributed by atoms with van der Waals surface area (Å²) in [7, 11) is 0. The van der Waals surface area contributed by atoms with Crippen LogP contribution in [0.1, 0.15) is 37.4 Å². The Balaban J connectivity index is 1.83. The summed E-state index contributed by atoms with van der Waals surface area (Å²) in [5.74, 6) is 2.97. The van der Waals surface area contributed by atoms with Gasteiger partial charge in [0.15, 0.2) is 5.82 Å². The van der Waals surface area contributed by atoms with Gasteiger partial charge in [0.05, 0.1) is 5.75 Å². The lowest BCUT2D eigenvalue weighted by Crippen LogP contribution is -2.12. The van der Waals surface area contributed by atoms with Gasteiger partial charge in [-0.25, -0.2) is 0 Å². The fourth-order valence-corrected chi connectivity index (χ4v) is 1.79. The number of hydrogen-bond donors (Lipinski definition) is 1. The first-order valence-corrected chi connectivity index (χ1v) is 5.98. The van der Waals surface area contributed by atoms with Crippen LogP contribution in [0.2, 0.25) is 0 Å². The molecule has 1 fully saturated rings. The van der Waals surface area contributed by atoms with E-state index in [-0.39, 0.29) is 0 Å². The average Bonchev–Trinajstić information content (AvgIpc) is 2.95. The molecule has 0 spiro atoms. The van der Waals surface area contributed by atoms with Gasteiger partial charge < -0.3 is 10.3 Å². The van der Waals surface area contributed by atoms with Crippen LogP contribution in [0.5, 0.6) is 0 Å². The third-order valence-corrected chi connectivity index (χ3v) is 3.43. The highest BCUT2D eigenvalue weighted by Gasteiger charge is 2.29. The summed E-state index contributed by atoms with van der Waals surface area (Å²) in [5.41, 5.74) is 5.51. The first-order chi connectivity index (χ1) is 6.79. The van der Waals surface area contributed by atoms with E-state index in [9.17, 15) is 0 Å². The van der Waals surface area contributed by atoms with E-state index in [0.717, 1.165) is 17.5 Å². The molecule has 1 unspecified atom stereocenters. The molecule has 2 N–H and O–H groups in total. The highest BCUT2D eigenvalue weighted by atomic mass is 32.2. The Morgan fingerprint density at radius 3 is 3.07 bits per heavy atom. The third kappa shape index (κ3) is 2.48. The lowest BCUT2D eigenvalue weighted by atomic mass is 10.4. The number of nitrogens with zero attached hydrogens (tertiary/aromatic N) is 2. The summed E-state index contributed by atoms with van der Waals surface area (Å²) in [5, 5.41) is 4.39. The minimum atomic E-state index is 0.456. The lowest BCUT2D eigenvalue weighted by molar-refractivity contribution is 0.375. The van der Waals surface area contributed by atoms with Gasteiger partial charge in [0.25, 0.3) is 0 Å². The summed E-state index contributed by atoms with van der Waals surface area (Å²) in [6.07, 6.45) is 2.40. The highest BCUT2D eigenvalue weighted by molar-refractivity contribution is 7.99. The molecule has 0 radical (unpaired) electrons. The minimum Gasteiger partial charge on any atom is -0.339 e.